The first-order chi connectivity index (χ1) is 12.0. The molecule has 4 aromatic rings. The van der Waals surface area contributed by atoms with Crippen LogP contribution in [-0.2, 0) is 0 Å². The van der Waals surface area contributed by atoms with Crippen molar-refractivity contribution in [2.75, 3.05) is 5.73 Å². The summed E-state index contributed by atoms with van der Waals surface area (Å²) in [6, 6.07) is 12.9. The van der Waals surface area contributed by atoms with Crippen molar-refractivity contribution in [2.24, 2.45) is 5.73 Å². The molecule has 0 saturated carbocycles. The van der Waals surface area contributed by atoms with E-state index in [0.717, 1.165) is 11.1 Å². The maximum Gasteiger partial charge on any atom is 0.260 e. The average Bonchev–Trinajstić information content (AvgIpc) is 3.23. The summed E-state index contributed by atoms with van der Waals surface area (Å²) in [5.41, 5.74) is 14.4. The first kappa shape index (κ1) is 15.7. The van der Waals surface area contributed by atoms with Crippen molar-refractivity contribution in [3.05, 3.63) is 58.6 Å². The number of carbonyl (C=O) groups is 1. The molecule has 0 aliphatic heterocycles. The van der Waals surface area contributed by atoms with E-state index in [9.17, 15) is 4.79 Å². The topological polar surface area (TPSA) is 95.1 Å². The van der Waals surface area contributed by atoms with Gasteiger partial charge in [0, 0.05) is 10.4 Å². The average molecular weight is 370 g/mol. The Morgan fingerprint density at radius 2 is 1.96 bits per heavy atom. The van der Waals surface area contributed by atoms with Crippen LogP contribution in [0.3, 0.4) is 0 Å². The molecule has 0 spiro atoms. The fraction of sp³-hybridized carbons (Fsp3) is 0. The molecule has 0 atom stereocenters. The molecule has 0 aliphatic carbocycles. The lowest BCUT2D eigenvalue weighted by atomic mass is 10.0. The number of aromatic nitrogens is 1. The molecule has 4 N–H and O–H groups in total. The largest absolute Gasteiger partial charge is 0.463 e. The molecule has 7 heteroatoms. The molecule has 0 unspecified atom stereocenters. The predicted molar refractivity (Wildman–Crippen MR) is 101 cm³/mol. The molecule has 1 amide bonds. The summed E-state index contributed by atoms with van der Waals surface area (Å²) in [6.45, 7) is 0. The van der Waals surface area contributed by atoms with Crippen molar-refractivity contribution in [3.63, 3.8) is 0 Å². The number of fused-ring (bicyclic) bond motifs is 1. The summed E-state index contributed by atoms with van der Waals surface area (Å²) in [5.74, 6) is 0.0619. The number of hydrogen-bond acceptors (Lipinski definition) is 5. The number of rotatable bonds is 3. The Hall–Kier alpha value is -2.83. The fourth-order valence-corrected chi connectivity index (χ4v) is 3.81. The first-order valence-electron chi connectivity index (χ1n) is 7.37. The summed E-state index contributed by atoms with van der Waals surface area (Å²) in [4.78, 5) is 17.2. The highest BCUT2D eigenvalue weighted by Crippen LogP contribution is 2.41. The van der Waals surface area contributed by atoms with E-state index in [1.807, 2.05) is 24.3 Å². The van der Waals surface area contributed by atoms with Crippen LogP contribution in [0.5, 0.6) is 0 Å². The van der Waals surface area contributed by atoms with Crippen LogP contribution in [0.4, 0.5) is 5.69 Å². The zero-order chi connectivity index (χ0) is 17.6. The van der Waals surface area contributed by atoms with E-state index in [-0.39, 0.29) is 0 Å². The molecule has 1 aromatic carbocycles. The van der Waals surface area contributed by atoms with Crippen LogP contribution in [0.1, 0.15) is 9.67 Å². The number of amides is 1. The number of furan rings is 1. The number of anilines is 1. The molecule has 5 nitrogen and oxygen atoms in total. The first-order valence-corrected chi connectivity index (χ1v) is 8.56. The molecule has 3 heterocycles. The van der Waals surface area contributed by atoms with Gasteiger partial charge in [0.15, 0.2) is 5.76 Å². The highest BCUT2D eigenvalue weighted by Gasteiger charge is 2.20. The summed E-state index contributed by atoms with van der Waals surface area (Å²) in [7, 11) is 0. The van der Waals surface area contributed by atoms with Crippen LogP contribution < -0.4 is 11.5 Å². The number of pyridine rings is 1. The Morgan fingerprint density at radius 1 is 1.20 bits per heavy atom. The lowest BCUT2D eigenvalue weighted by molar-refractivity contribution is 0.100. The number of nitrogens with two attached hydrogens (primary N) is 2. The van der Waals surface area contributed by atoms with Crippen molar-refractivity contribution in [2.45, 2.75) is 0 Å². The highest BCUT2D eigenvalue weighted by molar-refractivity contribution is 7.21. The van der Waals surface area contributed by atoms with Crippen molar-refractivity contribution < 1.29 is 9.21 Å². The van der Waals surface area contributed by atoms with Crippen LogP contribution in [-0.4, -0.2) is 10.9 Å². The second-order valence-electron chi connectivity index (χ2n) is 5.43. The second kappa shape index (κ2) is 5.91. The van der Waals surface area contributed by atoms with E-state index in [1.165, 1.54) is 11.3 Å². The Bertz CT molecular complexity index is 1090. The van der Waals surface area contributed by atoms with Gasteiger partial charge < -0.3 is 15.9 Å². The molecule has 4 rings (SSSR count). The zero-order valence-electron chi connectivity index (χ0n) is 12.8. The van der Waals surface area contributed by atoms with E-state index in [2.05, 4.69) is 4.98 Å². The standard InChI is InChI=1S/C18H12ClN3O2S/c19-10-5-3-9(4-6-10)11-8-12(13-2-1-7-24-13)22-18-14(11)15(20)16(25-18)17(21)23/h1-8H,20H2,(H2,21,23). The van der Waals surface area contributed by atoms with Gasteiger partial charge in [-0.1, -0.05) is 23.7 Å². The summed E-state index contributed by atoms with van der Waals surface area (Å²) in [5, 5.41) is 1.34. The van der Waals surface area contributed by atoms with Crippen LogP contribution in [0.15, 0.2) is 53.1 Å². The quantitative estimate of drug-likeness (QED) is 0.553. The summed E-state index contributed by atoms with van der Waals surface area (Å²) in [6.07, 6.45) is 1.58. The van der Waals surface area contributed by atoms with Crippen LogP contribution in [0, 0.1) is 0 Å². The van der Waals surface area contributed by atoms with Crippen LogP contribution in [0.25, 0.3) is 32.8 Å². The Balaban J connectivity index is 2.06. The third-order valence-electron chi connectivity index (χ3n) is 3.85. The molecule has 0 saturated heterocycles. The monoisotopic (exact) mass is 369 g/mol. The minimum Gasteiger partial charge on any atom is -0.463 e. The number of nitrogens with zero attached hydrogens (tertiary/aromatic N) is 1. The van der Waals surface area contributed by atoms with Gasteiger partial charge in [0.1, 0.15) is 15.4 Å². The molecule has 25 heavy (non-hydrogen) atoms. The Morgan fingerprint density at radius 3 is 2.60 bits per heavy atom. The van der Waals surface area contributed by atoms with Gasteiger partial charge in [-0.15, -0.1) is 11.3 Å². The lowest BCUT2D eigenvalue weighted by Crippen LogP contribution is -2.10. The minimum atomic E-state index is -0.567. The summed E-state index contributed by atoms with van der Waals surface area (Å²) >= 11 is 7.17. The van der Waals surface area contributed by atoms with Gasteiger partial charge in [-0.3, -0.25) is 4.79 Å². The summed E-state index contributed by atoms with van der Waals surface area (Å²) < 4.78 is 5.46. The minimum absolute atomic E-state index is 0.300. The number of thiophene rings is 1. The Kier molecular flexibility index (Phi) is 3.71. The highest BCUT2D eigenvalue weighted by atomic mass is 35.5. The van der Waals surface area contributed by atoms with Crippen molar-refractivity contribution in [1.82, 2.24) is 4.98 Å². The van der Waals surface area contributed by atoms with Gasteiger partial charge in [0.2, 0.25) is 0 Å². The van der Waals surface area contributed by atoms with Crippen LogP contribution >= 0.6 is 22.9 Å². The predicted octanol–water partition coefficient (Wildman–Crippen LogP) is 4.56. The maximum atomic E-state index is 11.7. The van der Waals surface area contributed by atoms with E-state index in [4.69, 9.17) is 27.5 Å². The van der Waals surface area contributed by atoms with Gasteiger partial charge in [-0.05, 0) is 41.5 Å². The van der Waals surface area contributed by atoms with Crippen molar-refractivity contribution >= 4 is 44.7 Å². The molecule has 124 valence electrons. The number of nitrogen functional groups attached to an aromatic ring is 1. The van der Waals surface area contributed by atoms with Gasteiger partial charge in [0.25, 0.3) is 5.91 Å². The smallest absolute Gasteiger partial charge is 0.260 e. The third kappa shape index (κ3) is 2.65. The lowest BCUT2D eigenvalue weighted by Gasteiger charge is -2.07. The van der Waals surface area contributed by atoms with Gasteiger partial charge in [-0.25, -0.2) is 4.98 Å². The molecule has 0 radical (unpaired) electrons. The van der Waals surface area contributed by atoms with E-state index >= 15 is 0 Å². The number of hydrogen-bond donors (Lipinski definition) is 2. The van der Waals surface area contributed by atoms with E-state index in [0.29, 0.717) is 37.3 Å². The molecule has 0 bridgehead atoms. The van der Waals surface area contributed by atoms with Crippen molar-refractivity contribution in [3.8, 4) is 22.6 Å². The molecule has 0 aliphatic rings. The molecular formula is C18H12ClN3O2S. The molecule has 0 fully saturated rings. The van der Waals surface area contributed by atoms with Gasteiger partial charge in [-0.2, -0.15) is 0 Å². The number of primary amides is 1. The van der Waals surface area contributed by atoms with Gasteiger partial charge >= 0.3 is 0 Å². The fourth-order valence-electron chi connectivity index (χ4n) is 2.71. The maximum absolute atomic E-state index is 11.7. The van der Waals surface area contributed by atoms with E-state index in [1.54, 1.807) is 24.5 Å². The van der Waals surface area contributed by atoms with Gasteiger partial charge in [0.05, 0.1) is 12.0 Å². The Labute approximate surface area is 151 Å². The molecular weight excluding hydrogens is 358 g/mol. The number of halogens is 1. The second-order valence-corrected chi connectivity index (χ2v) is 6.86. The van der Waals surface area contributed by atoms with E-state index < -0.39 is 5.91 Å². The number of benzene rings is 1. The SMILES string of the molecule is NC(=O)c1sc2nc(-c3ccco3)cc(-c3ccc(Cl)cc3)c2c1N. The zero-order valence-corrected chi connectivity index (χ0v) is 14.4. The number of carbonyl (C=O) groups excluding carboxylic acids is 1. The van der Waals surface area contributed by atoms with Crippen molar-refractivity contribution in [1.29, 1.82) is 0 Å². The molecule has 3 aromatic heterocycles. The third-order valence-corrected chi connectivity index (χ3v) is 5.22. The van der Waals surface area contributed by atoms with Crippen LogP contribution in [0.2, 0.25) is 5.02 Å². The normalized spacial score (nSPS) is 11.1.